The highest BCUT2D eigenvalue weighted by Gasteiger charge is 2.04. The smallest absolute Gasteiger partial charge is 0.226 e. The van der Waals surface area contributed by atoms with E-state index in [4.69, 9.17) is 11.3 Å². The number of rotatable bonds is 2. The molecule has 0 radical (unpaired) electrons. The van der Waals surface area contributed by atoms with E-state index in [-0.39, 0.29) is 5.76 Å². The monoisotopic (exact) mass is 159 g/mol. The van der Waals surface area contributed by atoms with Gasteiger partial charge in [-0.15, -0.1) is 0 Å². The zero-order valence-corrected chi connectivity index (χ0v) is 5.63. The van der Waals surface area contributed by atoms with Crippen molar-refractivity contribution in [3.05, 3.63) is 28.3 Å². The van der Waals surface area contributed by atoms with Crippen molar-refractivity contribution >= 4 is 0 Å². The largest absolute Gasteiger partial charge is 0.502 e. The molecule has 3 nitrogen and oxygen atoms in total. The lowest BCUT2D eigenvalue weighted by molar-refractivity contribution is 0.398. The summed E-state index contributed by atoms with van der Waals surface area (Å²) >= 11 is 0. The molecule has 11 heavy (non-hydrogen) atoms. The zero-order chi connectivity index (χ0) is 12.6. The third-order valence-corrected chi connectivity index (χ3v) is 1.18. The fourth-order valence-corrected chi connectivity index (χ4v) is 0.656. The maximum Gasteiger partial charge on any atom is 0.226 e. The van der Waals surface area contributed by atoms with E-state index in [2.05, 4.69) is 0 Å². The summed E-state index contributed by atoms with van der Waals surface area (Å²) in [5, 5.41) is 9.27. The first-order valence-corrected chi connectivity index (χ1v) is 2.95. The molecule has 60 valence electrons. The molecule has 1 aromatic rings. The second-order valence-electron chi connectivity index (χ2n) is 1.91. The molecule has 0 aromatic carbocycles. The first-order chi connectivity index (χ1) is 7.15. The average Bonchev–Trinajstić information content (AvgIpc) is 2.11. The second-order valence-corrected chi connectivity index (χ2v) is 1.91. The Balaban J connectivity index is 3.06. The molecule has 3 heteroatoms. The number of hydrogen-bond donors (Lipinski definition) is 1. The highest BCUT2D eigenvalue weighted by Crippen LogP contribution is 2.11. The predicted molar refractivity (Wildman–Crippen MR) is 40.6 cm³/mol. The van der Waals surface area contributed by atoms with Gasteiger partial charge in [0.15, 0.2) is 0 Å². The molecule has 1 rings (SSSR count). The van der Waals surface area contributed by atoms with Crippen molar-refractivity contribution in [3.8, 4) is 5.75 Å². The van der Waals surface area contributed by atoms with Gasteiger partial charge in [0.1, 0.15) is 5.76 Å². The van der Waals surface area contributed by atoms with E-state index in [1.54, 1.807) is 0 Å². The summed E-state index contributed by atoms with van der Waals surface area (Å²) < 4.78 is 40.3. The van der Waals surface area contributed by atoms with Crippen LogP contribution in [0.1, 0.15) is 25.8 Å². The minimum absolute atomic E-state index is 0.367. The summed E-state index contributed by atoms with van der Waals surface area (Å²) in [6.45, 7) is -2.85. The standard InChI is InChI=1S/C8H10O3/c1-2-3-7-8(10)6(9)4-5-11-7/h4-5,10H,2-3H2,1H3/i1D3,2D2. The molecule has 0 saturated carbocycles. The number of aryl methyl sites for hydroxylation is 1. The van der Waals surface area contributed by atoms with Gasteiger partial charge in [-0.1, -0.05) is 6.85 Å². The van der Waals surface area contributed by atoms with Crippen molar-refractivity contribution in [2.24, 2.45) is 0 Å². The van der Waals surface area contributed by atoms with Gasteiger partial charge in [0.05, 0.1) is 6.26 Å². The van der Waals surface area contributed by atoms with Crippen LogP contribution in [0.4, 0.5) is 0 Å². The van der Waals surface area contributed by atoms with E-state index < -0.39 is 30.8 Å². The Kier molecular flexibility index (Phi) is 1.01. The first-order valence-electron chi connectivity index (χ1n) is 5.45. The number of aromatic hydroxyl groups is 1. The van der Waals surface area contributed by atoms with Gasteiger partial charge in [0.25, 0.3) is 0 Å². The summed E-state index contributed by atoms with van der Waals surface area (Å²) in [5.74, 6) is -1.12. The summed E-state index contributed by atoms with van der Waals surface area (Å²) in [6, 6.07) is 0.962. The predicted octanol–water partition coefficient (Wildman–Crippen LogP) is 1.30. The van der Waals surface area contributed by atoms with Crippen LogP contribution in [0.2, 0.25) is 0 Å². The van der Waals surface area contributed by atoms with Crippen LogP contribution in [0.25, 0.3) is 0 Å². The highest BCUT2D eigenvalue weighted by atomic mass is 16.4. The van der Waals surface area contributed by atoms with Crippen molar-refractivity contribution < 1.29 is 16.4 Å². The molecule has 0 amide bonds. The Labute approximate surface area is 71.3 Å². The van der Waals surface area contributed by atoms with Gasteiger partial charge in [-0.25, -0.2) is 0 Å². The lowest BCUT2D eigenvalue weighted by atomic mass is 10.2. The van der Waals surface area contributed by atoms with E-state index in [0.29, 0.717) is 0 Å². The molecular formula is C8H10O3. The normalized spacial score (nSPS) is 19.1. The van der Waals surface area contributed by atoms with Crippen molar-refractivity contribution in [1.29, 1.82) is 0 Å². The molecular weight excluding hydrogens is 144 g/mol. The van der Waals surface area contributed by atoms with Gasteiger partial charge in [-0.3, -0.25) is 4.79 Å². The Morgan fingerprint density at radius 1 is 1.91 bits per heavy atom. The van der Waals surface area contributed by atoms with Crippen LogP contribution in [-0.2, 0) is 6.42 Å². The second kappa shape index (κ2) is 3.23. The van der Waals surface area contributed by atoms with Crippen molar-refractivity contribution in [2.75, 3.05) is 0 Å². The first kappa shape index (κ1) is 3.43. The molecule has 0 spiro atoms. The van der Waals surface area contributed by atoms with Gasteiger partial charge >= 0.3 is 0 Å². The summed E-state index contributed by atoms with van der Waals surface area (Å²) in [5.41, 5.74) is -0.734. The molecule has 1 heterocycles. The van der Waals surface area contributed by atoms with Crippen LogP contribution in [-0.4, -0.2) is 5.11 Å². The van der Waals surface area contributed by atoms with E-state index in [1.807, 2.05) is 0 Å². The third kappa shape index (κ3) is 1.61. The molecule has 0 atom stereocenters. The third-order valence-electron chi connectivity index (χ3n) is 1.18. The van der Waals surface area contributed by atoms with Gasteiger partial charge in [0.2, 0.25) is 11.2 Å². The lowest BCUT2D eigenvalue weighted by Gasteiger charge is -1.97. The Hall–Kier alpha value is -1.25. The molecule has 1 N–H and O–H groups in total. The lowest BCUT2D eigenvalue weighted by Crippen LogP contribution is -2.00. The zero-order valence-electron chi connectivity index (χ0n) is 10.6. The minimum atomic E-state index is -2.85. The van der Waals surface area contributed by atoms with Crippen molar-refractivity contribution in [3.63, 3.8) is 0 Å². The van der Waals surface area contributed by atoms with Gasteiger partial charge in [0, 0.05) is 19.3 Å². The maximum absolute atomic E-state index is 11.0. The summed E-state index contributed by atoms with van der Waals surface area (Å²) in [4.78, 5) is 11.0. The Morgan fingerprint density at radius 2 is 2.73 bits per heavy atom. The Morgan fingerprint density at radius 3 is 3.45 bits per heavy atom. The van der Waals surface area contributed by atoms with E-state index in [0.717, 1.165) is 12.3 Å². The molecule has 0 aliphatic rings. The quantitative estimate of drug-likeness (QED) is 0.707. The highest BCUT2D eigenvalue weighted by molar-refractivity contribution is 5.22. The van der Waals surface area contributed by atoms with Gasteiger partial charge in [-0.2, -0.15) is 0 Å². The van der Waals surface area contributed by atoms with Gasteiger partial charge < -0.3 is 9.52 Å². The Bertz CT molecular complexity index is 434. The molecule has 0 saturated heterocycles. The van der Waals surface area contributed by atoms with E-state index in [9.17, 15) is 9.90 Å². The van der Waals surface area contributed by atoms with Crippen LogP contribution >= 0.6 is 0 Å². The summed E-state index contributed by atoms with van der Waals surface area (Å²) in [7, 11) is 0. The summed E-state index contributed by atoms with van der Waals surface area (Å²) in [6.07, 6.45) is -2.28. The average molecular weight is 159 g/mol. The molecule has 1 aromatic heterocycles. The van der Waals surface area contributed by atoms with Gasteiger partial charge in [-0.05, 0) is 6.37 Å². The van der Waals surface area contributed by atoms with Crippen LogP contribution in [0, 0.1) is 0 Å². The number of hydrogen-bond acceptors (Lipinski definition) is 3. The van der Waals surface area contributed by atoms with E-state index >= 15 is 0 Å². The fourth-order valence-electron chi connectivity index (χ4n) is 0.656. The van der Waals surface area contributed by atoms with Crippen LogP contribution in [0.3, 0.4) is 0 Å². The fraction of sp³-hybridized carbons (Fsp3) is 0.375. The molecule has 0 bridgehead atoms. The molecule has 0 aliphatic carbocycles. The molecule has 0 unspecified atom stereocenters. The van der Waals surface area contributed by atoms with Crippen molar-refractivity contribution in [2.45, 2.75) is 19.6 Å². The minimum Gasteiger partial charge on any atom is -0.502 e. The van der Waals surface area contributed by atoms with Crippen LogP contribution < -0.4 is 5.43 Å². The van der Waals surface area contributed by atoms with Crippen LogP contribution in [0.5, 0.6) is 5.75 Å². The van der Waals surface area contributed by atoms with E-state index in [1.165, 1.54) is 0 Å². The molecule has 0 fully saturated rings. The van der Waals surface area contributed by atoms with Crippen molar-refractivity contribution in [1.82, 2.24) is 0 Å². The topological polar surface area (TPSA) is 50.4 Å². The maximum atomic E-state index is 11.0. The molecule has 0 aliphatic heterocycles. The SMILES string of the molecule is [2H]C([2H])([2H])C([2H])([2H])Cc1occc(=O)c1O. The van der Waals surface area contributed by atoms with Crippen LogP contribution in [0.15, 0.2) is 21.5 Å².